The van der Waals surface area contributed by atoms with Crippen LogP contribution in [0.1, 0.15) is 124 Å². The van der Waals surface area contributed by atoms with Crippen LogP contribution >= 0.6 is 0 Å². The minimum absolute atomic E-state index is 0.105. The van der Waals surface area contributed by atoms with E-state index in [1.54, 1.807) is 18.3 Å². The molecule has 0 N–H and O–H groups in total. The summed E-state index contributed by atoms with van der Waals surface area (Å²) >= 11 is 0. The maximum Gasteiger partial charge on any atom is 0.435 e. The zero-order valence-corrected chi connectivity index (χ0v) is 62.0. The number of alkyl halides is 30. The van der Waals surface area contributed by atoms with Crippen molar-refractivity contribution in [2.45, 2.75) is 61.8 Å². The minimum Gasteiger partial charge on any atom is -0.241 e. The molecule has 130 heavy (non-hydrogen) atoms. The van der Waals surface area contributed by atoms with E-state index in [4.69, 9.17) is 25.0 Å². The number of hydrogen-bond acceptors (Lipinski definition) is 19. The summed E-state index contributed by atoms with van der Waals surface area (Å²) in [5, 5.41) is 38.2. The van der Waals surface area contributed by atoms with Gasteiger partial charge in [0, 0.05) is 38.9 Å². The average Bonchev–Trinajstić information content (AvgIpc) is 0.738. The predicted octanol–water partition coefficient (Wildman–Crippen LogP) is 21.4. The number of rotatable bonds is 5. The highest BCUT2D eigenvalue weighted by atomic mass is 19.4. The molecule has 6 aromatic carbocycles. The monoisotopic (exact) mass is 1840 g/mol. The van der Waals surface area contributed by atoms with Crippen molar-refractivity contribution < 1.29 is 132 Å². The van der Waals surface area contributed by atoms with E-state index >= 15 is 0 Å². The molecule has 656 valence electrons. The van der Waals surface area contributed by atoms with Gasteiger partial charge in [-0.1, -0.05) is 84.9 Å². The Labute approximate surface area is 700 Å². The van der Waals surface area contributed by atoms with Crippen molar-refractivity contribution in [1.29, 1.82) is 15.8 Å². The lowest BCUT2D eigenvalue weighted by atomic mass is 9.88. The van der Waals surface area contributed by atoms with Gasteiger partial charge in [-0.3, -0.25) is 0 Å². The summed E-state index contributed by atoms with van der Waals surface area (Å²) in [6.07, 6.45) is -46.8. The predicted molar refractivity (Wildman–Crippen MR) is 384 cm³/mol. The van der Waals surface area contributed by atoms with Crippen molar-refractivity contribution in [1.82, 2.24) is 49.8 Å². The van der Waals surface area contributed by atoms with Crippen LogP contribution in [0.3, 0.4) is 0 Å². The molecule has 3 aliphatic rings. The lowest BCUT2D eigenvalue weighted by molar-refractivity contribution is -0.141. The molecule has 5 aromatic heterocycles. The molecule has 52 heteroatoms. The van der Waals surface area contributed by atoms with Gasteiger partial charge in [-0.25, -0.2) is 49.8 Å². The topological polar surface area (TPSA) is 288 Å². The molecule has 0 bridgehead atoms. The normalized spacial score (nSPS) is 14.5. The summed E-state index contributed by atoms with van der Waals surface area (Å²) in [5.41, 5.74) is -34.2. The molecule has 0 aliphatic heterocycles. The second-order valence-electron chi connectivity index (χ2n) is 25.8. The summed E-state index contributed by atoms with van der Waals surface area (Å²) in [6.45, 7) is 21.5. The van der Waals surface area contributed by atoms with Crippen LogP contribution in [0, 0.1) is 54.1 Å². The molecule has 0 fully saturated rings. The van der Waals surface area contributed by atoms with Gasteiger partial charge in [0.1, 0.15) is 103 Å². The van der Waals surface area contributed by atoms with Crippen molar-refractivity contribution in [3.05, 3.63) is 305 Å². The number of benzene rings is 6. The lowest BCUT2D eigenvalue weighted by Gasteiger charge is -2.23. The third-order valence-electron chi connectivity index (χ3n) is 17.9. The molecule has 5 heterocycles. The van der Waals surface area contributed by atoms with Crippen LogP contribution < -0.4 is 0 Å². The molecule has 0 amide bonds. The van der Waals surface area contributed by atoms with Gasteiger partial charge in [-0.05, 0) is 60.7 Å². The van der Waals surface area contributed by atoms with Crippen molar-refractivity contribution in [2.75, 3.05) is 0 Å². The largest absolute Gasteiger partial charge is 0.435 e. The van der Waals surface area contributed by atoms with E-state index in [1.165, 1.54) is 24.5 Å². The second-order valence-corrected chi connectivity index (χ2v) is 25.8. The van der Waals surface area contributed by atoms with E-state index in [-0.39, 0.29) is 33.8 Å². The van der Waals surface area contributed by atoms with E-state index < -0.39 is 243 Å². The minimum atomic E-state index is -5.40. The van der Waals surface area contributed by atoms with Gasteiger partial charge < -0.3 is 0 Å². The Bertz CT molecular complexity index is 6610. The number of fused-ring (bicyclic) bond motifs is 6. The first-order valence-corrected chi connectivity index (χ1v) is 34.3. The maximum absolute atomic E-state index is 14.3. The van der Waals surface area contributed by atoms with Crippen LogP contribution in [0.25, 0.3) is 71.1 Å². The van der Waals surface area contributed by atoms with Gasteiger partial charge in [0.15, 0.2) is 34.2 Å². The number of nitriles is 3. The molecule has 3 aliphatic carbocycles. The first-order chi connectivity index (χ1) is 60.6. The Morgan fingerprint density at radius 2 is 0.377 bits per heavy atom. The molecule has 0 saturated heterocycles. The lowest BCUT2D eigenvalue weighted by Crippen LogP contribution is -2.31. The molecule has 22 nitrogen and oxygen atoms in total. The molecular formula is C78H24F30N22. The zero-order valence-electron chi connectivity index (χ0n) is 62.0. The molecule has 14 rings (SSSR count). The Morgan fingerprint density at radius 1 is 0.208 bits per heavy atom. The number of aromatic nitrogens is 10. The van der Waals surface area contributed by atoms with Crippen LogP contribution in [-0.4, -0.2) is 84.1 Å². The van der Waals surface area contributed by atoms with Crippen LogP contribution in [0.2, 0.25) is 0 Å². The van der Waals surface area contributed by atoms with Crippen LogP contribution in [0.5, 0.6) is 0 Å². The Hall–Kier alpha value is -16.4. The molecular weight excluding hydrogens is 1810 g/mol. The first-order valence-electron chi connectivity index (χ1n) is 34.3. The van der Waals surface area contributed by atoms with Crippen molar-refractivity contribution in [3.63, 3.8) is 0 Å². The van der Waals surface area contributed by atoms with E-state index in [0.29, 0.717) is 109 Å². The molecule has 0 saturated carbocycles. The third-order valence-corrected chi connectivity index (χ3v) is 17.9. The molecule has 11 aromatic rings. The van der Waals surface area contributed by atoms with E-state index in [0.717, 1.165) is 12.1 Å². The van der Waals surface area contributed by atoms with Crippen molar-refractivity contribution >= 4 is 34.3 Å². The van der Waals surface area contributed by atoms with Gasteiger partial charge >= 0.3 is 61.8 Å². The van der Waals surface area contributed by atoms with Crippen LogP contribution in [0.15, 0.2) is 176 Å². The summed E-state index contributed by atoms with van der Waals surface area (Å²) in [6, 6.07) is 17.7. The van der Waals surface area contributed by atoms with Crippen molar-refractivity contribution in [3.8, 4) is 74.9 Å². The SMILES string of the molecule is [C-]#[N+]/N=C1\c2ccccc2C(=NC#N)c2nc(-c3ccc(C(F)(F)F)cc3)c(C(F)(F)F)nc21.[C-]#[N+]/N=C1\c2nc(-c3ccc(C(F)(F)F)cc3)c(C(F)(F)F)nc2C(=NC#N)c2nc(-c3ccc(C(F)(F)F)cc3)c(C(F)(F)F)nc21.[C-]#[N+]N=C1c2nc(-c3ccc(C(F)(F)F)cc3)c(C(F)(F)F)nc2C(=NC#N)c2nc(C(F)(F)F)c(-c3ccc(C(F)(F)F)cc3)nc21. The smallest absolute Gasteiger partial charge is 0.241 e. The van der Waals surface area contributed by atoms with Gasteiger partial charge in [0.05, 0.1) is 43.1 Å². The summed E-state index contributed by atoms with van der Waals surface area (Å²) in [5.74, 6) is 0. The van der Waals surface area contributed by atoms with Crippen LogP contribution in [0.4, 0.5) is 132 Å². The Kier molecular flexibility index (Phi) is 24.1. The fourth-order valence-corrected chi connectivity index (χ4v) is 12.4. The Morgan fingerprint density at radius 3 is 0.577 bits per heavy atom. The highest BCUT2D eigenvalue weighted by Gasteiger charge is 2.50. The van der Waals surface area contributed by atoms with E-state index in [1.807, 2.05) is 0 Å². The second kappa shape index (κ2) is 33.8. The average molecular weight is 1840 g/mol. The fourth-order valence-electron chi connectivity index (χ4n) is 12.4. The highest BCUT2D eigenvalue weighted by molar-refractivity contribution is 6.32. The molecule has 0 atom stereocenters. The maximum atomic E-state index is 14.3. The van der Waals surface area contributed by atoms with E-state index in [9.17, 15) is 142 Å². The van der Waals surface area contributed by atoms with Gasteiger partial charge in [-0.15, -0.1) is 14.9 Å². The number of aliphatic imine (C=N–C) groups is 3. The fraction of sp³-hybridized carbons (Fsp3) is 0.128. The standard InChI is InChI=1S/2C28H8F12N8.C22H8F6N6/c1-42-48-22-20-19(46-23(27(35,36)37)16(45-20)12-4-8-14(9-5-12)26(32,33)34)17(43-10-41)18-21(22)47-24(28(38,39)40)15(44-18)11-2-6-13(7-3-11)25(29,30)31;1-42-48-22-20-18(46-23(27(35,36)37)15(44-20)11-2-6-13(7-3-11)25(29,30)31)17(43-10-41)19-21(22)45-16(24(47-19)28(38,39)40)12-4-8-14(9-5-12)26(32,33)34;1-30-34-17-14-5-3-2-4-13(14)16(31-10-29)18-19(17)33-20(22(26,27)28)15(32-18)11-6-8-12(9-7-11)21(23,24)25/h2*2-9H;2-9H/b43-17?,48-22+;;31-16?,34-17+. The molecule has 0 spiro atoms. The zero-order chi connectivity index (χ0) is 95.5. The van der Waals surface area contributed by atoms with Gasteiger partial charge in [0.2, 0.25) is 30.0 Å². The number of halogens is 30. The molecule has 0 unspecified atom stereocenters. The summed E-state index contributed by atoms with van der Waals surface area (Å²) in [4.78, 5) is 55.6. The van der Waals surface area contributed by atoms with Crippen LogP contribution in [-0.2, 0) is 61.8 Å². The quantitative estimate of drug-likeness (QED) is 0.0671. The van der Waals surface area contributed by atoms with E-state index in [2.05, 4.69) is 95.0 Å². The highest BCUT2D eigenvalue weighted by Crippen LogP contribution is 2.47. The Balaban J connectivity index is 0.000000179. The van der Waals surface area contributed by atoms with Gasteiger partial charge in [0.25, 0.3) is 0 Å². The van der Waals surface area contributed by atoms with Gasteiger partial charge in [-0.2, -0.15) is 182 Å². The molecule has 0 radical (unpaired) electrons. The van der Waals surface area contributed by atoms with Crippen molar-refractivity contribution in [2.24, 2.45) is 30.3 Å². The third kappa shape index (κ3) is 18.6. The number of hydrogen-bond donors (Lipinski definition) is 0. The summed E-state index contributed by atoms with van der Waals surface area (Å²) < 4.78 is 409. The summed E-state index contributed by atoms with van der Waals surface area (Å²) in [7, 11) is 0. The number of nitrogens with zero attached hydrogens (tertiary/aromatic N) is 22. The first kappa shape index (κ1) is 92.8.